The standard InChI is InChI=1S/C6H7N3O3/c1-4(3-10)5-2-6(8-7-5)9(11)12/h2-4H,1H3,(H,7,8). The maximum absolute atomic E-state index is 10.3. The van der Waals surface area contributed by atoms with Gasteiger partial charge in [-0.25, -0.2) is 0 Å². The molecule has 0 aliphatic rings. The molecule has 0 aliphatic carbocycles. The van der Waals surface area contributed by atoms with Crippen LogP contribution in [0.5, 0.6) is 0 Å². The van der Waals surface area contributed by atoms with Crippen molar-refractivity contribution in [1.29, 1.82) is 0 Å². The fraction of sp³-hybridized carbons (Fsp3) is 0.333. The van der Waals surface area contributed by atoms with Crippen LogP contribution in [0.15, 0.2) is 6.07 Å². The second kappa shape index (κ2) is 3.12. The van der Waals surface area contributed by atoms with Gasteiger partial charge in [0.15, 0.2) is 0 Å². The molecule has 1 heterocycles. The summed E-state index contributed by atoms with van der Waals surface area (Å²) in [5.41, 5.74) is 0.386. The number of aromatic nitrogens is 2. The first-order valence-electron chi connectivity index (χ1n) is 3.30. The molecule has 0 bridgehead atoms. The van der Waals surface area contributed by atoms with Crippen molar-refractivity contribution in [2.45, 2.75) is 12.8 Å². The molecule has 0 fully saturated rings. The number of hydrogen-bond donors (Lipinski definition) is 1. The third kappa shape index (κ3) is 1.47. The number of carbonyl (C=O) groups excluding carboxylic acids is 1. The van der Waals surface area contributed by atoms with Crippen molar-refractivity contribution in [3.8, 4) is 0 Å². The van der Waals surface area contributed by atoms with Crippen molar-refractivity contribution in [3.63, 3.8) is 0 Å². The Balaban J connectivity index is 2.91. The molecule has 6 heteroatoms. The number of aldehydes is 1. The number of aromatic amines is 1. The third-order valence-electron chi connectivity index (χ3n) is 1.45. The van der Waals surface area contributed by atoms with E-state index in [1.54, 1.807) is 6.92 Å². The van der Waals surface area contributed by atoms with Gasteiger partial charge in [0.25, 0.3) is 0 Å². The van der Waals surface area contributed by atoms with Crippen molar-refractivity contribution in [2.75, 3.05) is 0 Å². The van der Waals surface area contributed by atoms with Crippen LogP contribution >= 0.6 is 0 Å². The number of nitro groups is 1. The van der Waals surface area contributed by atoms with Gasteiger partial charge in [0.2, 0.25) is 0 Å². The van der Waals surface area contributed by atoms with E-state index in [1.807, 2.05) is 0 Å². The predicted octanol–water partition coefficient (Wildman–Crippen LogP) is 0.620. The SMILES string of the molecule is CC(C=O)c1cc([N+](=O)[O-])[nH]n1. The Labute approximate surface area is 67.7 Å². The lowest BCUT2D eigenvalue weighted by molar-refractivity contribution is -0.389. The summed E-state index contributed by atoms with van der Waals surface area (Å²) >= 11 is 0. The molecule has 0 aromatic carbocycles. The van der Waals surface area contributed by atoms with Crippen LogP contribution in [0.4, 0.5) is 5.82 Å². The molecule has 0 amide bonds. The topological polar surface area (TPSA) is 88.9 Å². The summed E-state index contributed by atoms with van der Waals surface area (Å²) in [6.07, 6.45) is 0.680. The van der Waals surface area contributed by atoms with Crippen LogP contribution in [-0.2, 0) is 4.79 Å². The molecule has 0 radical (unpaired) electrons. The minimum atomic E-state index is -0.589. The second-order valence-electron chi connectivity index (χ2n) is 2.36. The van der Waals surface area contributed by atoms with E-state index >= 15 is 0 Å². The predicted molar refractivity (Wildman–Crippen MR) is 39.7 cm³/mol. The van der Waals surface area contributed by atoms with Crippen LogP contribution in [0.1, 0.15) is 18.5 Å². The Morgan fingerprint density at radius 3 is 2.92 bits per heavy atom. The van der Waals surface area contributed by atoms with Gasteiger partial charge in [0, 0.05) is 0 Å². The van der Waals surface area contributed by atoms with Gasteiger partial charge in [-0.15, -0.1) is 5.10 Å². The van der Waals surface area contributed by atoms with E-state index in [9.17, 15) is 14.9 Å². The highest BCUT2D eigenvalue weighted by Crippen LogP contribution is 2.14. The molecule has 1 aromatic rings. The number of H-pyrrole nitrogens is 1. The van der Waals surface area contributed by atoms with Crippen LogP contribution in [0.25, 0.3) is 0 Å². The summed E-state index contributed by atoms with van der Waals surface area (Å²) in [6.45, 7) is 1.62. The zero-order valence-corrected chi connectivity index (χ0v) is 6.35. The molecule has 12 heavy (non-hydrogen) atoms. The maximum atomic E-state index is 10.3. The molecule has 0 aliphatic heterocycles. The van der Waals surface area contributed by atoms with E-state index in [0.717, 1.165) is 0 Å². The van der Waals surface area contributed by atoms with Crippen molar-refractivity contribution < 1.29 is 9.72 Å². The maximum Gasteiger partial charge on any atom is 0.342 e. The highest BCUT2D eigenvalue weighted by atomic mass is 16.6. The lowest BCUT2D eigenvalue weighted by Gasteiger charge is -1.91. The molecule has 1 unspecified atom stereocenters. The second-order valence-corrected chi connectivity index (χ2v) is 2.36. The smallest absolute Gasteiger partial charge is 0.342 e. The average Bonchev–Trinajstić information content (AvgIpc) is 2.51. The van der Waals surface area contributed by atoms with Gasteiger partial charge in [0.05, 0.1) is 12.0 Å². The Bertz CT molecular complexity index is 307. The molecule has 0 saturated heterocycles. The quantitative estimate of drug-likeness (QED) is 0.408. The molecule has 64 valence electrons. The largest absolute Gasteiger partial charge is 0.358 e. The monoisotopic (exact) mass is 169 g/mol. The first kappa shape index (κ1) is 8.38. The summed E-state index contributed by atoms with van der Waals surface area (Å²) < 4.78 is 0. The minimum Gasteiger partial charge on any atom is -0.358 e. The number of rotatable bonds is 3. The number of nitrogens with zero attached hydrogens (tertiary/aromatic N) is 2. The van der Waals surface area contributed by atoms with E-state index < -0.39 is 10.8 Å². The fourth-order valence-corrected chi connectivity index (χ4v) is 0.723. The molecular formula is C6H7N3O3. The Morgan fingerprint density at radius 1 is 1.83 bits per heavy atom. The lowest BCUT2D eigenvalue weighted by Crippen LogP contribution is -1.93. The van der Waals surface area contributed by atoms with E-state index in [1.165, 1.54) is 6.07 Å². The van der Waals surface area contributed by atoms with Gasteiger partial charge >= 0.3 is 5.82 Å². The molecule has 1 aromatic heterocycles. The van der Waals surface area contributed by atoms with Gasteiger partial charge in [-0.1, -0.05) is 5.10 Å². The van der Waals surface area contributed by atoms with Crippen LogP contribution < -0.4 is 0 Å². The highest BCUT2D eigenvalue weighted by Gasteiger charge is 2.14. The van der Waals surface area contributed by atoms with Crippen LogP contribution in [0.3, 0.4) is 0 Å². The summed E-state index contributed by atoms with van der Waals surface area (Å²) in [7, 11) is 0. The Kier molecular flexibility index (Phi) is 2.18. The van der Waals surface area contributed by atoms with Crippen molar-refractivity contribution >= 4 is 12.1 Å². The van der Waals surface area contributed by atoms with Crippen LogP contribution in [0.2, 0.25) is 0 Å². The minimum absolute atomic E-state index is 0.196. The fourth-order valence-electron chi connectivity index (χ4n) is 0.723. The number of carbonyl (C=O) groups is 1. The molecule has 1 atom stereocenters. The average molecular weight is 169 g/mol. The summed E-state index contributed by atoms with van der Waals surface area (Å²) in [5, 5.41) is 16.0. The highest BCUT2D eigenvalue weighted by molar-refractivity contribution is 5.60. The summed E-state index contributed by atoms with van der Waals surface area (Å²) in [5.74, 6) is -0.603. The van der Waals surface area contributed by atoms with E-state index in [-0.39, 0.29) is 5.82 Å². The Morgan fingerprint density at radius 2 is 2.50 bits per heavy atom. The lowest BCUT2D eigenvalue weighted by atomic mass is 10.1. The molecule has 0 saturated carbocycles. The summed E-state index contributed by atoms with van der Waals surface area (Å²) in [6, 6.07) is 1.25. The zero-order valence-electron chi connectivity index (χ0n) is 6.35. The molecular weight excluding hydrogens is 162 g/mol. The number of nitrogens with one attached hydrogen (secondary N) is 1. The van der Waals surface area contributed by atoms with Crippen molar-refractivity contribution in [3.05, 3.63) is 21.9 Å². The van der Waals surface area contributed by atoms with E-state index in [0.29, 0.717) is 12.0 Å². The summed E-state index contributed by atoms with van der Waals surface area (Å²) in [4.78, 5) is 19.8. The van der Waals surface area contributed by atoms with E-state index in [4.69, 9.17) is 0 Å². The molecule has 0 spiro atoms. The first-order valence-corrected chi connectivity index (χ1v) is 3.30. The van der Waals surface area contributed by atoms with Gasteiger partial charge in [-0.3, -0.25) is 0 Å². The molecule has 6 nitrogen and oxygen atoms in total. The van der Waals surface area contributed by atoms with Crippen LogP contribution in [-0.4, -0.2) is 21.4 Å². The van der Waals surface area contributed by atoms with Gasteiger partial charge in [-0.2, -0.15) is 0 Å². The first-order chi connectivity index (χ1) is 5.65. The third-order valence-corrected chi connectivity index (χ3v) is 1.45. The van der Waals surface area contributed by atoms with E-state index in [2.05, 4.69) is 10.2 Å². The Hall–Kier alpha value is -1.72. The van der Waals surface area contributed by atoms with Gasteiger partial charge < -0.3 is 14.9 Å². The van der Waals surface area contributed by atoms with Gasteiger partial charge in [0.1, 0.15) is 12.0 Å². The van der Waals surface area contributed by atoms with Crippen molar-refractivity contribution in [2.24, 2.45) is 0 Å². The normalized spacial score (nSPS) is 12.4. The van der Waals surface area contributed by atoms with Gasteiger partial charge in [-0.05, 0) is 11.8 Å². The molecule has 1 rings (SSSR count). The number of hydrogen-bond acceptors (Lipinski definition) is 4. The zero-order chi connectivity index (χ0) is 9.14. The van der Waals surface area contributed by atoms with Crippen molar-refractivity contribution in [1.82, 2.24) is 10.2 Å². The van der Waals surface area contributed by atoms with Crippen LogP contribution in [0, 0.1) is 10.1 Å². The molecule has 1 N–H and O–H groups in total.